The third kappa shape index (κ3) is 3.88. The summed E-state index contributed by atoms with van der Waals surface area (Å²) in [7, 11) is 0. The summed E-state index contributed by atoms with van der Waals surface area (Å²) in [6, 6.07) is 51.4. The minimum atomic E-state index is -3.61. The Morgan fingerprint density at radius 2 is 0.800 bits per heavy atom. The van der Waals surface area contributed by atoms with Crippen LogP contribution in [0.2, 0.25) is 0 Å². The third-order valence-corrected chi connectivity index (χ3v) is 17.0. The van der Waals surface area contributed by atoms with Crippen LogP contribution in [-0.4, -0.2) is 5.78 Å². The topological polar surface area (TPSA) is 17.1 Å². The molecule has 5 rings (SSSR count). The number of benzene rings is 5. The van der Waals surface area contributed by atoms with Crippen molar-refractivity contribution in [3.05, 3.63) is 163 Å². The maximum atomic E-state index is 14.7. The molecule has 0 saturated carbocycles. The fraction of sp³-hybridized carbons (Fsp3) is 0.0312. The van der Waals surface area contributed by atoms with E-state index in [-0.39, 0.29) is 5.78 Å². The van der Waals surface area contributed by atoms with Gasteiger partial charge in [-0.3, -0.25) is 0 Å². The molecule has 0 aliphatic rings. The second-order valence-corrected chi connectivity index (χ2v) is 17.3. The van der Waals surface area contributed by atoms with Crippen LogP contribution in [0.1, 0.15) is 21.6 Å². The van der Waals surface area contributed by atoms with Gasteiger partial charge in [0.25, 0.3) is 0 Å². The molecule has 0 fully saturated rings. The summed E-state index contributed by atoms with van der Waals surface area (Å²) in [4.78, 5) is 14.7. The van der Waals surface area contributed by atoms with Crippen LogP contribution in [-0.2, 0) is 0 Å². The van der Waals surface area contributed by atoms with Gasteiger partial charge in [0.2, 0.25) is 0 Å². The predicted octanol–water partition coefficient (Wildman–Crippen LogP) is 7.45. The SMILES string of the molecule is O=C(c1ccccc1)C(c1ccccc1)P(Br)(c1ccccc1)(c1ccccc1)c1ccccc1. The summed E-state index contributed by atoms with van der Waals surface area (Å²) in [5.41, 5.74) is 1.22. The molecule has 0 N–H and O–H groups in total. The molecule has 5 aromatic carbocycles. The van der Waals surface area contributed by atoms with Gasteiger partial charge in [-0.1, -0.05) is 0 Å². The first-order valence-corrected chi connectivity index (χ1v) is 16.0. The normalized spacial score (nSPS) is 13.3. The van der Waals surface area contributed by atoms with Crippen molar-refractivity contribution in [1.82, 2.24) is 0 Å². The van der Waals surface area contributed by atoms with Gasteiger partial charge >= 0.3 is 216 Å². The minimum absolute atomic E-state index is 0.0999. The molecule has 0 aliphatic carbocycles. The molecule has 1 nitrogen and oxygen atoms in total. The Bertz CT molecular complexity index is 1310. The second-order valence-electron chi connectivity index (χ2n) is 8.62. The molecule has 1 atom stereocenters. The summed E-state index contributed by atoms with van der Waals surface area (Å²) in [6.45, 7) is 0. The Kier molecular flexibility index (Phi) is 6.52. The van der Waals surface area contributed by atoms with Crippen molar-refractivity contribution in [2.45, 2.75) is 5.66 Å². The number of ketones is 1. The van der Waals surface area contributed by atoms with Crippen LogP contribution in [0.4, 0.5) is 0 Å². The van der Waals surface area contributed by atoms with Crippen molar-refractivity contribution in [1.29, 1.82) is 0 Å². The molecular weight excluding hydrogens is 511 g/mol. The monoisotopic (exact) mass is 536 g/mol. The quantitative estimate of drug-likeness (QED) is 0.156. The zero-order valence-electron chi connectivity index (χ0n) is 19.2. The Balaban J connectivity index is 1.98. The van der Waals surface area contributed by atoms with Crippen LogP contribution in [0.15, 0.2) is 152 Å². The number of hydrogen-bond donors (Lipinski definition) is 0. The van der Waals surface area contributed by atoms with Crippen LogP contribution >= 0.6 is 20.8 Å². The van der Waals surface area contributed by atoms with Crippen molar-refractivity contribution in [3.63, 3.8) is 0 Å². The first kappa shape index (κ1) is 23.4. The van der Waals surface area contributed by atoms with Crippen LogP contribution < -0.4 is 15.9 Å². The van der Waals surface area contributed by atoms with E-state index in [0.29, 0.717) is 5.56 Å². The van der Waals surface area contributed by atoms with E-state index in [1.165, 1.54) is 0 Å². The molecular formula is C32H26BrOP. The van der Waals surface area contributed by atoms with Crippen molar-refractivity contribution in [2.24, 2.45) is 0 Å². The standard InChI is InChI=1S/C32H26BrOP/c33-35(28-20-10-3-11-21-28,29-22-12-4-13-23-29,30-24-14-5-15-25-30)32(27-18-8-2-9-19-27)31(34)26-16-6-1-7-17-26/h1-25,32H. The van der Waals surface area contributed by atoms with Crippen molar-refractivity contribution in [2.75, 3.05) is 0 Å². The van der Waals surface area contributed by atoms with Gasteiger partial charge in [-0.05, 0) is 0 Å². The van der Waals surface area contributed by atoms with Crippen molar-refractivity contribution >= 4 is 42.5 Å². The van der Waals surface area contributed by atoms with E-state index in [1.54, 1.807) is 0 Å². The van der Waals surface area contributed by atoms with Gasteiger partial charge in [0, 0.05) is 0 Å². The van der Waals surface area contributed by atoms with Crippen LogP contribution in [0.25, 0.3) is 0 Å². The molecule has 0 aliphatic heterocycles. The maximum absolute atomic E-state index is 14.7. The number of carbonyl (C=O) groups is 1. The molecule has 0 amide bonds. The summed E-state index contributed by atoms with van der Waals surface area (Å²) < 4.78 is 0. The number of rotatable bonds is 7. The number of Topliss-reactive ketones (excluding diaryl/α,β-unsaturated/α-hetero) is 1. The predicted molar refractivity (Wildman–Crippen MR) is 154 cm³/mol. The van der Waals surface area contributed by atoms with E-state index < -0.39 is 11.0 Å². The Morgan fingerprint density at radius 1 is 0.486 bits per heavy atom. The number of halogens is 1. The van der Waals surface area contributed by atoms with E-state index in [1.807, 2.05) is 66.7 Å². The zero-order chi connectivity index (χ0) is 24.2. The van der Waals surface area contributed by atoms with Crippen LogP contribution in [0.5, 0.6) is 0 Å². The van der Waals surface area contributed by atoms with Gasteiger partial charge in [-0.25, -0.2) is 0 Å². The summed E-state index contributed by atoms with van der Waals surface area (Å²) in [6.07, 6.45) is 0. The zero-order valence-corrected chi connectivity index (χ0v) is 21.7. The summed E-state index contributed by atoms with van der Waals surface area (Å²) in [5.74, 6) is 0.0999. The van der Waals surface area contributed by atoms with Gasteiger partial charge in [-0.2, -0.15) is 0 Å². The molecule has 35 heavy (non-hydrogen) atoms. The molecule has 3 heteroatoms. The van der Waals surface area contributed by atoms with E-state index in [4.69, 9.17) is 0 Å². The Morgan fingerprint density at radius 3 is 1.17 bits per heavy atom. The van der Waals surface area contributed by atoms with E-state index in [2.05, 4.69) is 100 Å². The van der Waals surface area contributed by atoms with Crippen molar-refractivity contribution < 1.29 is 4.79 Å². The van der Waals surface area contributed by atoms with E-state index in [0.717, 1.165) is 21.5 Å². The molecule has 0 spiro atoms. The Labute approximate surface area is 215 Å². The fourth-order valence-corrected chi connectivity index (χ4v) is 13.9. The Hall–Kier alpha value is -3.32. The third-order valence-electron chi connectivity index (χ3n) is 6.69. The van der Waals surface area contributed by atoms with E-state index in [9.17, 15) is 4.79 Å². The fourth-order valence-electron chi connectivity index (χ4n) is 5.10. The van der Waals surface area contributed by atoms with Gasteiger partial charge < -0.3 is 0 Å². The van der Waals surface area contributed by atoms with Crippen LogP contribution in [0, 0.1) is 0 Å². The average Bonchev–Trinajstić information content (AvgIpc) is 2.95. The van der Waals surface area contributed by atoms with Crippen LogP contribution in [0.3, 0.4) is 0 Å². The molecule has 0 heterocycles. The van der Waals surface area contributed by atoms with E-state index >= 15 is 0 Å². The summed E-state index contributed by atoms with van der Waals surface area (Å²) in [5, 5.41) is -0.252. The number of carbonyl (C=O) groups excluding carboxylic acids is 1. The van der Waals surface area contributed by atoms with Gasteiger partial charge in [0.15, 0.2) is 0 Å². The van der Waals surface area contributed by atoms with Gasteiger partial charge in [0.05, 0.1) is 0 Å². The first-order valence-electron chi connectivity index (χ1n) is 11.7. The van der Waals surface area contributed by atoms with Gasteiger partial charge in [-0.15, -0.1) is 0 Å². The van der Waals surface area contributed by atoms with Crippen molar-refractivity contribution in [3.8, 4) is 0 Å². The molecule has 5 aromatic rings. The second kappa shape index (κ2) is 9.74. The molecule has 0 saturated heterocycles. The van der Waals surface area contributed by atoms with Gasteiger partial charge in [0.1, 0.15) is 0 Å². The first-order chi connectivity index (χ1) is 17.1. The molecule has 0 bridgehead atoms. The summed E-state index contributed by atoms with van der Waals surface area (Å²) >= 11 is 4.53. The molecule has 0 radical (unpaired) electrons. The number of hydrogen-bond acceptors (Lipinski definition) is 1. The molecule has 172 valence electrons. The molecule has 1 unspecified atom stereocenters. The average molecular weight is 537 g/mol. The molecule has 0 aromatic heterocycles.